The summed E-state index contributed by atoms with van der Waals surface area (Å²) in [7, 11) is 1.65. The Hall–Kier alpha value is -3.80. The van der Waals surface area contributed by atoms with E-state index in [1.807, 2.05) is 47.1 Å². The van der Waals surface area contributed by atoms with Gasteiger partial charge in [-0.05, 0) is 29.8 Å². The normalized spacial score (nSPS) is 11.0. The molecule has 6 heteroatoms. The average Bonchev–Trinajstić information content (AvgIpc) is 3.19. The first-order valence-electron chi connectivity index (χ1n) is 8.91. The number of benzene rings is 2. The van der Waals surface area contributed by atoms with Gasteiger partial charge in [-0.15, -0.1) is 0 Å². The monoisotopic (exact) mass is 369 g/mol. The third kappa shape index (κ3) is 3.96. The molecule has 0 spiro atoms. The molecule has 4 rings (SSSR count). The zero-order chi connectivity index (χ0) is 19.2. The van der Waals surface area contributed by atoms with Gasteiger partial charge in [-0.1, -0.05) is 42.5 Å². The van der Waals surface area contributed by atoms with Gasteiger partial charge in [0, 0.05) is 18.0 Å². The standard InChI is InChI=1S/C22H19N5O/c1-28-19-11-9-18(10-12-19)21-25-22(20-16-23-13-14-24-20)27(26-21)15-5-8-17-6-3-2-4-7-17/h2-14,16H,15H2,1H3/b8-5+. The van der Waals surface area contributed by atoms with Crippen molar-refractivity contribution in [1.29, 1.82) is 0 Å². The number of allylic oxidation sites excluding steroid dienone is 1. The van der Waals surface area contributed by atoms with Crippen LogP contribution in [-0.2, 0) is 6.54 Å². The molecule has 0 atom stereocenters. The van der Waals surface area contributed by atoms with Gasteiger partial charge in [-0.25, -0.2) is 14.6 Å². The fourth-order valence-electron chi connectivity index (χ4n) is 2.79. The zero-order valence-electron chi connectivity index (χ0n) is 15.4. The molecule has 2 aromatic heterocycles. The first-order valence-corrected chi connectivity index (χ1v) is 8.91. The van der Waals surface area contributed by atoms with Crippen LogP contribution in [0.4, 0.5) is 0 Å². The number of aromatic nitrogens is 5. The van der Waals surface area contributed by atoms with E-state index in [1.165, 1.54) is 0 Å². The summed E-state index contributed by atoms with van der Waals surface area (Å²) >= 11 is 0. The van der Waals surface area contributed by atoms with Crippen LogP contribution in [0.1, 0.15) is 5.56 Å². The van der Waals surface area contributed by atoms with E-state index in [0.717, 1.165) is 16.9 Å². The smallest absolute Gasteiger partial charge is 0.181 e. The second-order valence-corrected chi connectivity index (χ2v) is 6.07. The molecular weight excluding hydrogens is 350 g/mol. The number of ether oxygens (including phenoxy) is 1. The molecule has 6 nitrogen and oxygen atoms in total. The number of hydrogen-bond donors (Lipinski definition) is 0. The van der Waals surface area contributed by atoms with Gasteiger partial charge in [0.15, 0.2) is 11.6 Å². The van der Waals surface area contributed by atoms with Crippen LogP contribution in [0.5, 0.6) is 5.75 Å². The molecule has 0 aliphatic rings. The summed E-state index contributed by atoms with van der Waals surface area (Å²) in [6.07, 6.45) is 9.11. The van der Waals surface area contributed by atoms with Crippen molar-refractivity contribution in [3.8, 4) is 28.7 Å². The molecule has 0 saturated heterocycles. The molecule has 0 aliphatic carbocycles. The van der Waals surface area contributed by atoms with E-state index in [0.29, 0.717) is 23.9 Å². The minimum atomic E-state index is 0.573. The lowest BCUT2D eigenvalue weighted by Crippen LogP contribution is -2.02. The van der Waals surface area contributed by atoms with Crippen LogP contribution in [0.25, 0.3) is 29.0 Å². The van der Waals surface area contributed by atoms with E-state index in [1.54, 1.807) is 25.7 Å². The van der Waals surface area contributed by atoms with Crippen LogP contribution in [0, 0.1) is 0 Å². The van der Waals surface area contributed by atoms with Crippen LogP contribution in [0.2, 0.25) is 0 Å². The third-order valence-corrected chi connectivity index (χ3v) is 4.20. The molecule has 0 unspecified atom stereocenters. The number of nitrogens with zero attached hydrogens (tertiary/aromatic N) is 5. The highest BCUT2D eigenvalue weighted by Crippen LogP contribution is 2.23. The highest BCUT2D eigenvalue weighted by Gasteiger charge is 2.14. The number of hydrogen-bond acceptors (Lipinski definition) is 5. The lowest BCUT2D eigenvalue weighted by molar-refractivity contribution is 0.415. The minimum Gasteiger partial charge on any atom is -0.497 e. The SMILES string of the molecule is COc1ccc(-c2nc(-c3cnccn3)n(C/C=C/c3ccccc3)n2)cc1. The van der Waals surface area contributed by atoms with E-state index in [4.69, 9.17) is 9.72 Å². The summed E-state index contributed by atoms with van der Waals surface area (Å²) in [6.45, 7) is 0.573. The van der Waals surface area contributed by atoms with E-state index >= 15 is 0 Å². The number of methoxy groups -OCH3 is 1. The van der Waals surface area contributed by atoms with E-state index in [9.17, 15) is 0 Å². The van der Waals surface area contributed by atoms with Crippen molar-refractivity contribution >= 4 is 6.08 Å². The van der Waals surface area contributed by atoms with E-state index in [2.05, 4.69) is 39.4 Å². The van der Waals surface area contributed by atoms with Gasteiger partial charge in [0.05, 0.1) is 19.9 Å². The molecule has 0 saturated carbocycles. The molecule has 0 fully saturated rings. The predicted octanol–water partition coefficient (Wildman–Crippen LogP) is 4.12. The highest BCUT2D eigenvalue weighted by atomic mass is 16.5. The molecule has 0 bridgehead atoms. The fourth-order valence-corrected chi connectivity index (χ4v) is 2.79. The molecule has 2 aromatic carbocycles. The summed E-state index contributed by atoms with van der Waals surface area (Å²) < 4.78 is 7.06. The van der Waals surface area contributed by atoms with Gasteiger partial charge < -0.3 is 4.74 Å². The van der Waals surface area contributed by atoms with Crippen molar-refractivity contribution in [2.75, 3.05) is 7.11 Å². The molecular formula is C22H19N5O. The summed E-state index contributed by atoms with van der Waals surface area (Å²) in [4.78, 5) is 13.2. The highest BCUT2D eigenvalue weighted by molar-refractivity contribution is 5.60. The second kappa shape index (κ2) is 8.26. The van der Waals surface area contributed by atoms with Crippen LogP contribution >= 0.6 is 0 Å². The van der Waals surface area contributed by atoms with Crippen molar-refractivity contribution in [3.63, 3.8) is 0 Å². The van der Waals surface area contributed by atoms with Gasteiger partial charge in [0.1, 0.15) is 11.4 Å². The molecule has 2 heterocycles. The second-order valence-electron chi connectivity index (χ2n) is 6.07. The van der Waals surface area contributed by atoms with Crippen molar-refractivity contribution in [3.05, 3.63) is 84.8 Å². The van der Waals surface area contributed by atoms with E-state index < -0.39 is 0 Å². The van der Waals surface area contributed by atoms with Crippen molar-refractivity contribution < 1.29 is 4.74 Å². The number of rotatable bonds is 6. The van der Waals surface area contributed by atoms with Gasteiger partial charge in [0.25, 0.3) is 0 Å². The van der Waals surface area contributed by atoms with Gasteiger partial charge in [-0.2, -0.15) is 5.10 Å². The first-order chi connectivity index (χ1) is 13.8. The van der Waals surface area contributed by atoms with E-state index in [-0.39, 0.29) is 0 Å². The molecule has 0 radical (unpaired) electrons. The molecule has 0 amide bonds. The maximum Gasteiger partial charge on any atom is 0.181 e. The fraction of sp³-hybridized carbons (Fsp3) is 0.0909. The topological polar surface area (TPSA) is 65.7 Å². The molecule has 138 valence electrons. The van der Waals surface area contributed by atoms with Crippen LogP contribution in [0.15, 0.2) is 79.3 Å². The maximum atomic E-state index is 5.23. The minimum absolute atomic E-state index is 0.573. The zero-order valence-corrected chi connectivity index (χ0v) is 15.4. The van der Waals surface area contributed by atoms with Gasteiger partial charge in [-0.3, -0.25) is 4.98 Å². The lowest BCUT2D eigenvalue weighted by Gasteiger charge is -2.01. The average molecular weight is 369 g/mol. The lowest BCUT2D eigenvalue weighted by atomic mass is 10.2. The van der Waals surface area contributed by atoms with Crippen molar-refractivity contribution in [1.82, 2.24) is 24.7 Å². The van der Waals surface area contributed by atoms with Crippen molar-refractivity contribution in [2.24, 2.45) is 0 Å². The molecule has 0 N–H and O–H groups in total. The predicted molar refractivity (Wildman–Crippen MR) is 109 cm³/mol. The Morgan fingerprint density at radius 3 is 2.54 bits per heavy atom. The Labute approximate surface area is 163 Å². The van der Waals surface area contributed by atoms with Crippen LogP contribution < -0.4 is 4.74 Å². The van der Waals surface area contributed by atoms with Crippen molar-refractivity contribution in [2.45, 2.75) is 6.54 Å². The maximum absolute atomic E-state index is 5.23. The Morgan fingerprint density at radius 1 is 1.00 bits per heavy atom. The Bertz CT molecular complexity index is 1060. The van der Waals surface area contributed by atoms with Gasteiger partial charge >= 0.3 is 0 Å². The molecule has 0 aliphatic heterocycles. The summed E-state index contributed by atoms with van der Waals surface area (Å²) in [5.41, 5.74) is 2.73. The summed E-state index contributed by atoms with van der Waals surface area (Å²) in [6, 6.07) is 17.8. The Morgan fingerprint density at radius 2 is 1.82 bits per heavy atom. The quantitative estimate of drug-likeness (QED) is 0.511. The molecule has 28 heavy (non-hydrogen) atoms. The Kier molecular flexibility index (Phi) is 5.20. The van der Waals surface area contributed by atoms with Crippen LogP contribution in [0.3, 0.4) is 0 Å². The third-order valence-electron chi connectivity index (χ3n) is 4.20. The van der Waals surface area contributed by atoms with Gasteiger partial charge in [0.2, 0.25) is 0 Å². The summed E-state index contributed by atoms with van der Waals surface area (Å²) in [5.74, 6) is 2.11. The Balaban J connectivity index is 1.67. The largest absolute Gasteiger partial charge is 0.497 e. The molecule has 4 aromatic rings. The first kappa shape index (κ1) is 17.6. The summed E-state index contributed by atoms with van der Waals surface area (Å²) in [5, 5.41) is 4.69. The van der Waals surface area contributed by atoms with Crippen LogP contribution in [-0.4, -0.2) is 31.8 Å².